The van der Waals surface area contributed by atoms with Gasteiger partial charge in [-0.3, -0.25) is 9.59 Å². The Morgan fingerprint density at radius 1 is 0.923 bits per heavy atom. The zero-order valence-electron chi connectivity index (χ0n) is 22.5. The van der Waals surface area contributed by atoms with Crippen LogP contribution in [0.4, 0.5) is 13.2 Å². The highest BCUT2D eigenvalue weighted by Gasteiger charge is 2.31. The van der Waals surface area contributed by atoms with Crippen LogP contribution in [-0.2, 0) is 11.0 Å². The second-order valence-corrected chi connectivity index (χ2v) is 10.3. The SMILES string of the molecule is CC/C=C(\C)C(=O)N1CCC(N2CCC(NC(=O)c3ccc(Oc4ccc(C(F)(F)F)cc4)cc3)CC2)CC1. The topological polar surface area (TPSA) is 61.9 Å². The third kappa shape index (κ3) is 7.62. The fraction of sp³-hybridized carbons (Fsp3) is 0.467. The van der Waals surface area contributed by atoms with Crippen molar-refractivity contribution >= 4 is 11.8 Å². The van der Waals surface area contributed by atoms with E-state index in [2.05, 4.69) is 10.2 Å². The molecule has 1 N–H and O–H groups in total. The summed E-state index contributed by atoms with van der Waals surface area (Å²) < 4.78 is 43.8. The number of benzene rings is 2. The molecule has 2 saturated heterocycles. The van der Waals surface area contributed by atoms with Crippen molar-refractivity contribution in [2.24, 2.45) is 0 Å². The van der Waals surface area contributed by atoms with E-state index in [0.29, 0.717) is 17.4 Å². The first-order valence-electron chi connectivity index (χ1n) is 13.6. The molecule has 2 amide bonds. The van der Waals surface area contributed by atoms with Crippen LogP contribution < -0.4 is 10.1 Å². The molecule has 2 aromatic rings. The van der Waals surface area contributed by atoms with Gasteiger partial charge in [0.15, 0.2) is 0 Å². The van der Waals surface area contributed by atoms with Gasteiger partial charge in [0, 0.05) is 49.4 Å². The lowest BCUT2D eigenvalue weighted by atomic mass is 9.97. The summed E-state index contributed by atoms with van der Waals surface area (Å²) >= 11 is 0. The number of allylic oxidation sites excluding steroid dienone is 1. The number of carbonyl (C=O) groups excluding carboxylic acids is 2. The molecule has 0 bridgehead atoms. The number of likely N-dealkylation sites (tertiary alicyclic amines) is 2. The minimum atomic E-state index is -4.39. The van der Waals surface area contributed by atoms with Crippen molar-refractivity contribution in [3.8, 4) is 11.5 Å². The van der Waals surface area contributed by atoms with Crippen LogP contribution >= 0.6 is 0 Å². The van der Waals surface area contributed by atoms with Gasteiger partial charge in [-0.15, -0.1) is 0 Å². The predicted molar refractivity (Wildman–Crippen MR) is 144 cm³/mol. The van der Waals surface area contributed by atoms with Gasteiger partial charge < -0.3 is 19.9 Å². The summed E-state index contributed by atoms with van der Waals surface area (Å²) in [6.07, 6.45) is 2.15. The van der Waals surface area contributed by atoms with E-state index in [9.17, 15) is 22.8 Å². The first kappa shape index (κ1) is 28.7. The van der Waals surface area contributed by atoms with Crippen LogP contribution in [-0.4, -0.2) is 59.9 Å². The Labute approximate surface area is 227 Å². The van der Waals surface area contributed by atoms with E-state index in [1.165, 1.54) is 12.1 Å². The Morgan fingerprint density at radius 3 is 2.03 bits per heavy atom. The van der Waals surface area contributed by atoms with Crippen LogP contribution in [0.5, 0.6) is 11.5 Å². The van der Waals surface area contributed by atoms with Crippen molar-refractivity contribution in [1.29, 1.82) is 0 Å². The Hall–Kier alpha value is -3.33. The lowest BCUT2D eigenvalue weighted by Crippen LogP contribution is -2.51. The van der Waals surface area contributed by atoms with E-state index in [4.69, 9.17) is 4.74 Å². The van der Waals surface area contributed by atoms with E-state index in [-0.39, 0.29) is 23.6 Å². The van der Waals surface area contributed by atoms with Crippen molar-refractivity contribution in [3.05, 3.63) is 71.3 Å². The van der Waals surface area contributed by atoms with Gasteiger partial charge in [-0.05, 0) is 87.6 Å². The molecule has 2 fully saturated rings. The summed E-state index contributed by atoms with van der Waals surface area (Å²) in [5.74, 6) is 0.712. The average Bonchev–Trinajstić information content (AvgIpc) is 2.93. The van der Waals surface area contributed by atoms with Crippen molar-refractivity contribution in [2.45, 2.75) is 64.2 Å². The number of nitrogens with zero attached hydrogens (tertiary/aromatic N) is 2. The van der Waals surface area contributed by atoms with E-state index in [1.807, 2.05) is 24.8 Å². The number of ether oxygens (including phenoxy) is 1. The highest BCUT2D eigenvalue weighted by Crippen LogP contribution is 2.31. The van der Waals surface area contributed by atoms with Crippen molar-refractivity contribution in [2.75, 3.05) is 26.2 Å². The third-order valence-corrected chi connectivity index (χ3v) is 7.51. The first-order valence-corrected chi connectivity index (χ1v) is 13.6. The van der Waals surface area contributed by atoms with E-state index >= 15 is 0 Å². The van der Waals surface area contributed by atoms with Crippen LogP contribution in [0.3, 0.4) is 0 Å². The van der Waals surface area contributed by atoms with Crippen molar-refractivity contribution < 1.29 is 27.5 Å². The van der Waals surface area contributed by atoms with Crippen LogP contribution in [0.25, 0.3) is 0 Å². The number of amides is 2. The summed E-state index contributed by atoms with van der Waals surface area (Å²) in [6.45, 7) is 7.33. The molecule has 0 unspecified atom stereocenters. The molecule has 9 heteroatoms. The molecule has 6 nitrogen and oxygen atoms in total. The number of piperidine rings is 2. The molecule has 0 aliphatic carbocycles. The standard InChI is InChI=1S/C30H36F3N3O3/c1-3-4-21(2)29(38)36-19-15-25(16-20-36)35-17-13-24(14-18-35)34-28(37)22-5-9-26(10-6-22)39-27-11-7-23(8-12-27)30(31,32)33/h4-12,24-25H,3,13-20H2,1-2H3,(H,34,37)/b21-4+. The van der Waals surface area contributed by atoms with Crippen LogP contribution in [0.15, 0.2) is 60.2 Å². The number of rotatable bonds is 7. The third-order valence-electron chi connectivity index (χ3n) is 7.51. The second kappa shape index (κ2) is 12.7. The normalized spacial score (nSPS) is 18.2. The summed E-state index contributed by atoms with van der Waals surface area (Å²) in [4.78, 5) is 29.8. The number of alkyl halides is 3. The zero-order chi connectivity index (χ0) is 28.0. The van der Waals surface area contributed by atoms with Gasteiger partial charge in [0.1, 0.15) is 11.5 Å². The molecule has 2 heterocycles. The minimum absolute atomic E-state index is 0.0975. The maximum atomic E-state index is 12.8. The Bertz CT molecular complexity index is 1150. The molecule has 210 valence electrons. The molecular weight excluding hydrogens is 507 g/mol. The monoisotopic (exact) mass is 543 g/mol. The predicted octanol–water partition coefficient (Wildman–Crippen LogP) is 6.04. The largest absolute Gasteiger partial charge is 0.457 e. The zero-order valence-corrected chi connectivity index (χ0v) is 22.5. The molecular formula is C30H36F3N3O3. The van der Waals surface area contributed by atoms with E-state index < -0.39 is 11.7 Å². The van der Waals surface area contributed by atoms with Gasteiger partial charge >= 0.3 is 6.18 Å². The lowest BCUT2D eigenvalue weighted by molar-refractivity contribution is -0.137. The molecule has 0 spiro atoms. The molecule has 2 aliphatic rings. The molecule has 39 heavy (non-hydrogen) atoms. The molecule has 0 atom stereocenters. The summed E-state index contributed by atoms with van der Waals surface area (Å²) in [5, 5.41) is 3.12. The second-order valence-electron chi connectivity index (χ2n) is 10.3. The molecule has 4 rings (SSSR count). The van der Waals surface area contributed by atoms with Gasteiger partial charge in [0.2, 0.25) is 5.91 Å². The highest BCUT2D eigenvalue weighted by molar-refractivity contribution is 5.94. The van der Waals surface area contributed by atoms with E-state index in [0.717, 1.165) is 76.0 Å². The van der Waals surface area contributed by atoms with Gasteiger partial charge in [-0.1, -0.05) is 13.0 Å². The molecule has 2 aliphatic heterocycles. The molecule has 0 radical (unpaired) electrons. The number of carbonyl (C=O) groups is 2. The lowest BCUT2D eigenvalue weighted by Gasteiger charge is -2.42. The highest BCUT2D eigenvalue weighted by atomic mass is 19.4. The molecule has 0 saturated carbocycles. The minimum Gasteiger partial charge on any atom is -0.457 e. The molecule has 2 aromatic carbocycles. The van der Waals surface area contributed by atoms with Gasteiger partial charge in [-0.25, -0.2) is 0 Å². The first-order chi connectivity index (χ1) is 18.6. The summed E-state index contributed by atoms with van der Waals surface area (Å²) in [5.41, 5.74) is 0.593. The summed E-state index contributed by atoms with van der Waals surface area (Å²) in [7, 11) is 0. The van der Waals surface area contributed by atoms with Crippen molar-refractivity contribution in [3.63, 3.8) is 0 Å². The number of hydrogen-bond acceptors (Lipinski definition) is 4. The van der Waals surface area contributed by atoms with Crippen LogP contribution in [0.1, 0.15) is 61.9 Å². The Balaban J connectivity index is 1.20. The van der Waals surface area contributed by atoms with Crippen LogP contribution in [0, 0.1) is 0 Å². The average molecular weight is 544 g/mol. The smallest absolute Gasteiger partial charge is 0.416 e. The fourth-order valence-corrected chi connectivity index (χ4v) is 5.28. The van der Waals surface area contributed by atoms with Crippen LogP contribution in [0.2, 0.25) is 0 Å². The number of nitrogens with one attached hydrogen (secondary N) is 1. The fourth-order valence-electron chi connectivity index (χ4n) is 5.28. The van der Waals surface area contributed by atoms with E-state index in [1.54, 1.807) is 24.3 Å². The van der Waals surface area contributed by atoms with Crippen molar-refractivity contribution in [1.82, 2.24) is 15.1 Å². The Kier molecular flexibility index (Phi) is 9.32. The summed E-state index contributed by atoms with van der Waals surface area (Å²) in [6, 6.07) is 11.6. The Morgan fingerprint density at radius 2 is 1.49 bits per heavy atom. The number of hydrogen-bond donors (Lipinski definition) is 1. The molecule has 0 aromatic heterocycles. The maximum absolute atomic E-state index is 12.8. The van der Waals surface area contributed by atoms with Gasteiger partial charge in [0.25, 0.3) is 5.91 Å². The quantitative estimate of drug-likeness (QED) is 0.433. The van der Waals surface area contributed by atoms with Gasteiger partial charge in [-0.2, -0.15) is 13.2 Å². The number of halogens is 3. The van der Waals surface area contributed by atoms with Gasteiger partial charge in [0.05, 0.1) is 5.56 Å². The maximum Gasteiger partial charge on any atom is 0.416 e.